The molecule has 18 heavy (non-hydrogen) atoms. The van der Waals surface area contributed by atoms with Gasteiger partial charge in [0.25, 0.3) is 0 Å². The predicted octanol–water partition coefficient (Wildman–Crippen LogP) is 2.49. The van der Waals surface area contributed by atoms with Gasteiger partial charge in [-0.15, -0.1) is 0 Å². The molecule has 1 aromatic carbocycles. The number of benzene rings is 1. The van der Waals surface area contributed by atoms with Gasteiger partial charge in [0.1, 0.15) is 0 Å². The van der Waals surface area contributed by atoms with Crippen LogP contribution in [0.25, 0.3) is 11.0 Å². The van der Waals surface area contributed by atoms with Gasteiger partial charge in [-0.3, -0.25) is 10.1 Å². The predicted molar refractivity (Wildman–Crippen MR) is 64.3 cm³/mol. The highest BCUT2D eigenvalue weighted by atomic mass is 16.6. The number of rotatable bonds is 3. The fourth-order valence-electron chi connectivity index (χ4n) is 2.41. The van der Waals surface area contributed by atoms with Crippen molar-refractivity contribution in [2.24, 2.45) is 0 Å². The van der Waals surface area contributed by atoms with Gasteiger partial charge in [0.15, 0.2) is 5.52 Å². The standard InChI is InChI=1S/C11H12N4O3/c16-15(17)9-6-5-8(10-11(9)14-18-13-10)12-7-3-1-2-4-7/h5-7,12H,1-4H2. The molecule has 2 aromatic rings. The maximum absolute atomic E-state index is 10.8. The van der Waals surface area contributed by atoms with E-state index in [1.807, 2.05) is 0 Å². The summed E-state index contributed by atoms with van der Waals surface area (Å²) in [7, 11) is 0. The van der Waals surface area contributed by atoms with E-state index in [1.165, 1.54) is 18.9 Å². The smallest absolute Gasteiger partial charge is 0.300 e. The average Bonchev–Trinajstić information content (AvgIpc) is 2.98. The minimum atomic E-state index is -0.480. The quantitative estimate of drug-likeness (QED) is 0.662. The Bertz CT molecular complexity index is 589. The van der Waals surface area contributed by atoms with E-state index in [0.29, 0.717) is 11.6 Å². The second-order valence-electron chi connectivity index (χ2n) is 4.48. The molecule has 1 N–H and O–H groups in total. The van der Waals surface area contributed by atoms with Crippen molar-refractivity contribution in [1.29, 1.82) is 0 Å². The number of nitrogens with one attached hydrogen (secondary N) is 1. The summed E-state index contributed by atoms with van der Waals surface area (Å²) < 4.78 is 4.62. The van der Waals surface area contributed by atoms with Crippen molar-refractivity contribution in [3.63, 3.8) is 0 Å². The van der Waals surface area contributed by atoms with Crippen LogP contribution in [0.15, 0.2) is 16.8 Å². The van der Waals surface area contributed by atoms with E-state index in [1.54, 1.807) is 6.07 Å². The molecule has 1 aromatic heterocycles. The van der Waals surface area contributed by atoms with Gasteiger partial charge in [0.2, 0.25) is 5.52 Å². The molecule has 1 heterocycles. The summed E-state index contributed by atoms with van der Waals surface area (Å²) in [5, 5.41) is 21.6. The third-order valence-corrected chi connectivity index (χ3v) is 3.31. The summed E-state index contributed by atoms with van der Waals surface area (Å²) in [5.41, 5.74) is 1.30. The molecule has 3 rings (SSSR count). The number of nitrogens with zero attached hydrogens (tertiary/aromatic N) is 3. The van der Waals surface area contributed by atoms with Gasteiger partial charge in [0.05, 0.1) is 10.6 Å². The van der Waals surface area contributed by atoms with E-state index >= 15 is 0 Å². The van der Waals surface area contributed by atoms with Gasteiger partial charge in [-0.2, -0.15) is 0 Å². The van der Waals surface area contributed by atoms with Crippen molar-refractivity contribution < 1.29 is 9.55 Å². The van der Waals surface area contributed by atoms with E-state index < -0.39 is 4.92 Å². The molecule has 0 spiro atoms. The summed E-state index contributed by atoms with van der Waals surface area (Å²) in [4.78, 5) is 10.4. The monoisotopic (exact) mass is 248 g/mol. The van der Waals surface area contributed by atoms with E-state index in [9.17, 15) is 10.1 Å². The van der Waals surface area contributed by atoms with Crippen LogP contribution in [0.4, 0.5) is 11.4 Å². The van der Waals surface area contributed by atoms with E-state index in [2.05, 4.69) is 20.3 Å². The van der Waals surface area contributed by atoms with Crippen molar-refractivity contribution in [3.8, 4) is 0 Å². The topological polar surface area (TPSA) is 94.1 Å². The van der Waals surface area contributed by atoms with Gasteiger partial charge in [-0.25, -0.2) is 4.63 Å². The maximum atomic E-state index is 10.8. The number of anilines is 1. The summed E-state index contributed by atoms with van der Waals surface area (Å²) in [5.74, 6) is 0. The fraction of sp³-hybridized carbons (Fsp3) is 0.455. The zero-order valence-corrected chi connectivity index (χ0v) is 9.63. The molecule has 7 heteroatoms. The largest absolute Gasteiger partial charge is 0.380 e. The molecule has 0 radical (unpaired) electrons. The van der Waals surface area contributed by atoms with Gasteiger partial charge < -0.3 is 5.32 Å². The second-order valence-corrected chi connectivity index (χ2v) is 4.48. The lowest BCUT2D eigenvalue weighted by atomic mass is 10.2. The van der Waals surface area contributed by atoms with E-state index in [0.717, 1.165) is 18.5 Å². The third kappa shape index (κ3) is 1.77. The average molecular weight is 248 g/mol. The zero-order chi connectivity index (χ0) is 12.5. The Kier molecular flexibility index (Phi) is 2.58. The molecule has 1 saturated carbocycles. The van der Waals surface area contributed by atoms with Gasteiger partial charge in [0, 0.05) is 12.1 Å². The van der Waals surface area contributed by atoms with Crippen molar-refractivity contribution in [1.82, 2.24) is 10.3 Å². The van der Waals surface area contributed by atoms with Crippen molar-refractivity contribution >= 4 is 22.4 Å². The van der Waals surface area contributed by atoms with Crippen LogP contribution in [0.3, 0.4) is 0 Å². The first-order chi connectivity index (χ1) is 8.75. The Morgan fingerprint density at radius 1 is 1.28 bits per heavy atom. The molecule has 7 nitrogen and oxygen atoms in total. The lowest BCUT2D eigenvalue weighted by Crippen LogP contribution is -2.14. The first-order valence-corrected chi connectivity index (χ1v) is 5.92. The molecule has 0 unspecified atom stereocenters. The second kappa shape index (κ2) is 4.25. The summed E-state index contributed by atoms with van der Waals surface area (Å²) in [6, 6.07) is 3.51. The lowest BCUT2D eigenvalue weighted by Gasteiger charge is -2.12. The number of hydrogen-bond acceptors (Lipinski definition) is 6. The Balaban J connectivity index is 2.00. The van der Waals surface area contributed by atoms with Crippen LogP contribution in [0, 0.1) is 10.1 Å². The number of nitro groups is 1. The number of fused-ring (bicyclic) bond motifs is 1. The minimum Gasteiger partial charge on any atom is -0.380 e. The SMILES string of the molecule is O=[N+]([O-])c1ccc(NC2CCCC2)c2nonc12. The van der Waals surface area contributed by atoms with Gasteiger partial charge >= 0.3 is 5.69 Å². The van der Waals surface area contributed by atoms with Crippen LogP contribution in [0.2, 0.25) is 0 Å². The highest BCUT2D eigenvalue weighted by Crippen LogP contribution is 2.31. The molecule has 0 amide bonds. The molecule has 94 valence electrons. The Morgan fingerprint density at radius 3 is 2.72 bits per heavy atom. The fourth-order valence-corrected chi connectivity index (χ4v) is 2.41. The molecule has 1 fully saturated rings. The number of non-ortho nitro benzene ring substituents is 1. The van der Waals surface area contributed by atoms with Gasteiger partial charge in [-0.1, -0.05) is 12.8 Å². The van der Waals surface area contributed by atoms with Crippen LogP contribution < -0.4 is 5.32 Å². The van der Waals surface area contributed by atoms with Crippen molar-refractivity contribution in [2.45, 2.75) is 31.7 Å². The van der Waals surface area contributed by atoms with Crippen LogP contribution in [-0.2, 0) is 0 Å². The van der Waals surface area contributed by atoms with Crippen molar-refractivity contribution in [2.75, 3.05) is 5.32 Å². The highest BCUT2D eigenvalue weighted by Gasteiger charge is 2.22. The Morgan fingerprint density at radius 2 is 2.00 bits per heavy atom. The van der Waals surface area contributed by atoms with Crippen LogP contribution in [-0.4, -0.2) is 21.3 Å². The first-order valence-electron chi connectivity index (χ1n) is 5.92. The van der Waals surface area contributed by atoms with Crippen LogP contribution >= 0.6 is 0 Å². The van der Waals surface area contributed by atoms with E-state index in [-0.39, 0.29) is 11.2 Å². The molecule has 0 atom stereocenters. The Labute approximate surface area is 102 Å². The molecule has 1 aliphatic rings. The molecule has 0 bridgehead atoms. The van der Waals surface area contributed by atoms with Crippen LogP contribution in [0.5, 0.6) is 0 Å². The molecule has 0 saturated heterocycles. The Hall–Kier alpha value is -2.18. The van der Waals surface area contributed by atoms with Crippen molar-refractivity contribution in [3.05, 3.63) is 22.2 Å². The number of hydrogen-bond donors (Lipinski definition) is 1. The lowest BCUT2D eigenvalue weighted by molar-refractivity contribution is -0.383. The zero-order valence-electron chi connectivity index (χ0n) is 9.63. The number of nitro benzene ring substituents is 1. The van der Waals surface area contributed by atoms with Crippen LogP contribution in [0.1, 0.15) is 25.7 Å². The first kappa shape index (κ1) is 10.9. The summed E-state index contributed by atoms with van der Waals surface area (Å²) in [6.07, 6.45) is 4.66. The minimum absolute atomic E-state index is 0.0804. The summed E-state index contributed by atoms with van der Waals surface area (Å²) in [6.45, 7) is 0. The highest BCUT2D eigenvalue weighted by molar-refractivity contribution is 5.93. The number of aromatic nitrogens is 2. The molecular formula is C11H12N4O3. The third-order valence-electron chi connectivity index (χ3n) is 3.31. The molecule has 1 aliphatic carbocycles. The summed E-state index contributed by atoms with van der Waals surface area (Å²) >= 11 is 0. The maximum Gasteiger partial charge on any atom is 0.300 e. The van der Waals surface area contributed by atoms with E-state index in [4.69, 9.17) is 0 Å². The molecular weight excluding hydrogens is 236 g/mol. The molecule has 0 aliphatic heterocycles. The normalized spacial score (nSPS) is 16.2. The van der Waals surface area contributed by atoms with Gasteiger partial charge in [-0.05, 0) is 29.2 Å².